The lowest BCUT2D eigenvalue weighted by molar-refractivity contribution is -0.144. The van der Waals surface area contributed by atoms with Crippen molar-refractivity contribution in [2.24, 2.45) is 0 Å². The molecule has 0 aliphatic heterocycles. The maximum absolute atomic E-state index is 13.7. The molecule has 0 saturated carbocycles. The van der Waals surface area contributed by atoms with Crippen LogP contribution in [0.1, 0.15) is 67.3 Å². The van der Waals surface area contributed by atoms with E-state index in [9.17, 15) is 9.59 Å². The number of esters is 1. The van der Waals surface area contributed by atoms with Crippen LogP contribution in [0.25, 0.3) is 0 Å². The van der Waals surface area contributed by atoms with Crippen molar-refractivity contribution in [3.05, 3.63) is 53.6 Å². The highest BCUT2D eigenvalue weighted by atomic mass is 31.0. The van der Waals surface area contributed by atoms with Gasteiger partial charge in [-0.25, -0.2) is 0 Å². The van der Waals surface area contributed by atoms with E-state index in [-0.39, 0.29) is 17.1 Å². The molecule has 0 N–H and O–H groups in total. The Bertz CT molecular complexity index is 861. The number of carbonyl (C=O) groups excluding carboxylic acids is 2. The lowest BCUT2D eigenvalue weighted by Gasteiger charge is -2.19. The number of hydrogen-bond acceptors (Lipinski definition) is 7. The molecule has 188 valence electrons. The third-order valence-electron chi connectivity index (χ3n) is 5.33. The Morgan fingerprint density at radius 3 is 1.91 bits per heavy atom. The number of methoxy groups -OCH3 is 3. The van der Waals surface area contributed by atoms with Crippen LogP contribution in [0.4, 0.5) is 0 Å². The molecular weight excluding hydrogens is 455 g/mol. The third-order valence-corrected chi connectivity index (χ3v) is 5.33. The van der Waals surface area contributed by atoms with E-state index in [0.717, 1.165) is 19.3 Å². The van der Waals surface area contributed by atoms with Crippen LogP contribution in [0, 0.1) is 0 Å². The van der Waals surface area contributed by atoms with Crippen molar-refractivity contribution < 1.29 is 33.1 Å². The number of rotatable bonds is 14. The molecule has 2 unspecified atom stereocenters. The van der Waals surface area contributed by atoms with E-state index in [1.807, 2.05) is 6.07 Å². The highest BCUT2D eigenvalue weighted by Gasteiger charge is 2.35. The van der Waals surface area contributed by atoms with Gasteiger partial charge in [0.15, 0.2) is 5.78 Å². The van der Waals surface area contributed by atoms with Gasteiger partial charge in [-0.1, -0.05) is 69.4 Å². The minimum atomic E-state index is -1.12. The predicted octanol–water partition coefficient (Wildman–Crippen LogP) is 5.52. The van der Waals surface area contributed by atoms with Crippen LogP contribution in [-0.2, 0) is 14.1 Å². The second-order valence-corrected chi connectivity index (χ2v) is 7.55. The zero-order valence-corrected chi connectivity index (χ0v) is 22.0. The fourth-order valence-electron chi connectivity index (χ4n) is 3.57. The number of Topliss-reactive ketones (excluding diaryl/α,β-unsaturated/α-hetero) is 1. The molecule has 0 spiro atoms. The second kappa shape index (κ2) is 16.8. The summed E-state index contributed by atoms with van der Waals surface area (Å²) in [6, 6.07) is 12.1. The number of ketones is 1. The molecule has 34 heavy (non-hydrogen) atoms. The average molecular weight is 493 g/mol. The zero-order chi connectivity index (χ0) is 25.3. The number of hydrogen-bond donors (Lipinski definition) is 0. The molecular formula is C26H37O7P. The van der Waals surface area contributed by atoms with Gasteiger partial charge in [0.05, 0.1) is 37.1 Å². The second-order valence-electron chi connectivity index (χ2n) is 7.55. The highest BCUT2D eigenvalue weighted by molar-refractivity contribution is 7.00. The van der Waals surface area contributed by atoms with Crippen LogP contribution in [0.5, 0.6) is 17.2 Å². The fourth-order valence-corrected chi connectivity index (χ4v) is 3.57. The van der Waals surface area contributed by atoms with Crippen LogP contribution >= 0.6 is 9.12 Å². The maximum atomic E-state index is 13.7. The Hall–Kier alpha value is -2.79. The van der Waals surface area contributed by atoms with E-state index < -0.39 is 17.7 Å². The van der Waals surface area contributed by atoms with Gasteiger partial charge in [-0.2, -0.15) is 0 Å². The van der Waals surface area contributed by atoms with Gasteiger partial charge in [0.25, 0.3) is 0 Å². The van der Waals surface area contributed by atoms with Crippen LogP contribution in [0.3, 0.4) is 0 Å². The third kappa shape index (κ3) is 8.53. The summed E-state index contributed by atoms with van der Waals surface area (Å²) < 4.78 is 29.9. The van der Waals surface area contributed by atoms with Gasteiger partial charge in [-0.3, -0.25) is 9.59 Å². The zero-order valence-electron chi connectivity index (χ0n) is 20.6. The predicted molar refractivity (Wildman–Crippen MR) is 136 cm³/mol. The first-order valence-corrected chi connectivity index (χ1v) is 12.0. The smallest absolute Gasteiger partial charge is 0.321 e. The Balaban J connectivity index is 0.00000281. The van der Waals surface area contributed by atoms with Crippen molar-refractivity contribution in [1.82, 2.24) is 0 Å². The molecule has 2 rings (SSSR count). The topological polar surface area (TPSA) is 88.1 Å². The van der Waals surface area contributed by atoms with Crippen molar-refractivity contribution in [2.45, 2.75) is 51.4 Å². The quantitative estimate of drug-likeness (QED) is 0.113. The van der Waals surface area contributed by atoms with E-state index in [0.29, 0.717) is 27.0 Å². The molecule has 0 aromatic heterocycles. The van der Waals surface area contributed by atoms with Gasteiger partial charge < -0.3 is 23.5 Å². The molecule has 0 bridgehead atoms. The minimum Gasteiger partial charge on any atom is -0.496 e. The summed E-state index contributed by atoms with van der Waals surface area (Å²) in [5, 5.41) is 0. The lowest BCUT2D eigenvalue weighted by Crippen LogP contribution is -2.25. The first-order valence-electron chi connectivity index (χ1n) is 11.4. The summed E-state index contributed by atoms with van der Waals surface area (Å²) in [4.78, 5) is 26.7. The first kappa shape index (κ1) is 29.2. The summed E-state index contributed by atoms with van der Waals surface area (Å²) in [6.45, 7) is 2.47. The van der Waals surface area contributed by atoms with E-state index >= 15 is 0 Å². The van der Waals surface area contributed by atoms with E-state index in [1.54, 1.807) is 36.4 Å². The standard InChI is InChI=1S/C26H34O6.H3OP/c1-5-6-7-8-9-13-16-32-26(28)23(19-14-11-10-12-15-19)25(27)24-21(30-3)17-20(29-2)18-22(24)31-4;1-2/h10-12,14-15,17-18,23H,5-9,13,16H2,1-4H3;2H3. The van der Waals surface area contributed by atoms with Gasteiger partial charge in [0, 0.05) is 12.1 Å². The molecule has 2 aromatic carbocycles. The van der Waals surface area contributed by atoms with Crippen LogP contribution in [0.2, 0.25) is 0 Å². The summed E-state index contributed by atoms with van der Waals surface area (Å²) in [6.07, 6.45) is 6.49. The molecule has 0 aliphatic carbocycles. The first-order chi connectivity index (χ1) is 16.6. The van der Waals surface area contributed by atoms with E-state index in [1.165, 1.54) is 40.6 Å². The SMILES string of the molecule is CCCCCCCCOC(=O)C(C(=O)c1c(OC)cc(OC)cc1OC)c1ccccc1.O=[PH3]. The Labute approximate surface area is 204 Å². The molecule has 0 saturated heterocycles. The largest absolute Gasteiger partial charge is 0.496 e. The summed E-state index contributed by atoms with van der Waals surface area (Å²) in [7, 11) is 5.04. The normalized spacial score (nSPS) is 11.1. The monoisotopic (exact) mass is 492 g/mol. The van der Waals surface area contributed by atoms with Gasteiger partial charge in [0.2, 0.25) is 0 Å². The van der Waals surface area contributed by atoms with E-state index in [2.05, 4.69) is 6.92 Å². The Kier molecular flexibility index (Phi) is 14.4. The molecule has 0 radical (unpaired) electrons. The van der Waals surface area contributed by atoms with Crippen LogP contribution < -0.4 is 14.2 Å². The molecule has 8 heteroatoms. The molecule has 2 atom stereocenters. The van der Waals surface area contributed by atoms with Gasteiger partial charge in [-0.05, 0) is 12.0 Å². The summed E-state index contributed by atoms with van der Waals surface area (Å²) in [5.41, 5.74) is 0.742. The number of ether oxygens (including phenoxy) is 4. The number of carbonyl (C=O) groups is 2. The maximum Gasteiger partial charge on any atom is 0.321 e. The lowest BCUT2D eigenvalue weighted by atomic mass is 9.89. The molecule has 0 heterocycles. The minimum absolute atomic E-state index is 0.182. The average Bonchev–Trinajstić information content (AvgIpc) is 2.89. The molecule has 0 amide bonds. The number of benzene rings is 2. The highest BCUT2D eigenvalue weighted by Crippen LogP contribution is 2.37. The summed E-state index contributed by atoms with van der Waals surface area (Å²) >= 11 is 0. The van der Waals surface area contributed by atoms with Crippen molar-refractivity contribution in [3.63, 3.8) is 0 Å². The van der Waals surface area contributed by atoms with Gasteiger partial charge in [0.1, 0.15) is 28.7 Å². The van der Waals surface area contributed by atoms with Gasteiger partial charge in [-0.15, -0.1) is 0 Å². The van der Waals surface area contributed by atoms with Crippen LogP contribution in [-0.4, -0.2) is 39.7 Å². The van der Waals surface area contributed by atoms with Crippen molar-refractivity contribution in [3.8, 4) is 17.2 Å². The Morgan fingerprint density at radius 1 is 0.824 bits per heavy atom. The molecule has 0 aliphatic rings. The van der Waals surface area contributed by atoms with Gasteiger partial charge >= 0.3 is 5.97 Å². The van der Waals surface area contributed by atoms with Crippen molar-refractivity contribution in [2.75, 3.05) is 27.9 Å². The fraction of sp³-hybridized carbons (Fsp3) is 0.462. The van der Waals surface area contributed by atoms with Crippen molar-refractivity contribution >= 4 is 20.9 Å². The molecule has 0 fully saturated rings. The molecule has 2 aromatic rings. The molecule has 7 nitrogen and oxygen atoms in total. The number of unbranched alkanes of at least 4 members (excludes halogenated alkanes) is 5. The van der Waals surface area contributed by atoms with E-state index in [4.69, 9.17) is 23.5 Å². The van der Waals surface area contributed by atoms with Crippen molar-refractivity contribution in [1.29, 1.82) is 0 Å². The Morgan fingerprint density at radius 2 is 1.38 bits per heavy atom. The summed E-state index contributed by atoms with van der Waals surface area (Å²) in [5.74, 6) is -1.11. The van der Waals surface area contributed by atoms with Crippen LogP contribution in [0.15, 0.2) is 42.5 Å².